The molecule has 0 amide bonds. The highest BCUT2D eigenvalue weighted by Gasteiger charge is 2.20. The zero-order chi connectivity index (χ0) is 20.5. The number of ether oxygens (including phenoxy) is 1. The summed E-state index contributed by atoms with van der Waals surface area (Å²) in [6.07, 6.45) is 5.35. The summed E-state index contributed by atoms with van der Waals surface area (Å²) in [7, 11) is 0. The summed E-state index contributed by atoms with van der Waals surface area (Å²) in [5.41, 5.74) is 2.35. The molecule has 0 radical (unpaired) electrons. The maximum atomic E-state index is 14.8. The van der Waals surface area contributed by atoms with Crippen molar-refractivity contribution < 1.29 is 14.2 Å². The second kappa shape index (κ2) is 8.47. The number of hydrogen-bond donors (Lipinski definition) is 1. The maximum absolute atomic E-state index is 14.8. The zero-order valence-corrected chi connectivity index (χ0v) is 17.8. The van der Waals surface area contributed by atoms with E-state index in [1.807, 2.05) is 5.38 Å². The van der Waals surface area contributed by atoms with Gasteiger partial charge in [-0.25, -0.2) is 19.3 Å². The smallest absolute Gasteiger partial charge is 0.132 e. The van der Waals surface area contributed by atoms with Crippen molar-refractivity contribution in [3.05, 3.63) is 63.4 Å². The lowest BCUT2D eigenvalue weighted by molar-refractivity contribution is 0.0667. The third-order valence-electron chi connectivity index (χ3n) is 5.44. The van der Waals surface area contributed by atoms with E-state index in [0.717, 1.165) is 42.7 Å². The Morgan fingerprint density at radius 2 is 2.03 bits per heavy atom. The molecule has 4 heterocycles. The first kappa shape index (κ1) is 19.7. The first-order valence-corrected chi connectivity index (χ1v) is 11.6. The van der Waals surface area contributed by atoms with Gasteiger partial charge < -0.3 is 9.84 Å². The Morgan fingerprint density at radius 1 is 1.17 bits per heavy atom. The molecule has 30 heavy (non-hydrogen) atoms. The number of halogens is 1. The van der Waals surface area contributed by atoms with E-state index in [1.165, 1.54) is 28.6 Å². The molecular formula is C22H20FN3O2S2. The van der Waals surface area contributed by atoms with Crippen LogP contribution in [0.5, 0.6) is 0 Å². The van der Waals surface area contributed by atoms with Crippen molar-refractivity contribution in [3.63, 3.8) is 0 Å². The third kappa shape index (κ3) is 3.88. The molecular weight excluding hydrogens is 421 g/mol. The second-order valence-electron chi connectivity index (χ2n) is 7.42. The van der Waals surface area contributed by atoms with Crippen LogP contribution in [-0.4, -0.2) is 33.3 Å². The molecule has 4 aromatic rings. The Balaban J connectivity index is 1.51. The first-order chi connectivity index (χ1) is 14.7. The molecule has 0 aliphatic carbocycles. The fourth-order valence-corrected chi connectivity index (χ4v) is 5.71. The summed E-state index contributed by atoms with van der Waals surface area (Å²) in [6.45, 7) is 1.64. The molecule has 5 nitrogen and oxygen atoms in total. The summed E-state index contributed by atoms with van der Waals surface area (Å²) in [5, 5.41) is 13.0. The SMILES string of the molecule is OC(c1ccc(F)c(-c2ncnc3cc(CC4CCOCC4)sc23)c1)c1nccs1. The monoisotopic (exact) mass is 441 g/mol. The van der Waals surface area contributed by atoms with E-state index in [-0.39, 0.29) is 5.82 Å². The Bertz CT molecular complexity index is 1160. The average molecular weight is 442 g/mol. The summed E-state index contributed by atoms with van der Waals surface area (Å²) >= 11 is 2.99. The molecule has 1 aliphatic heterocycles. The number of thiazole rings is 1. The number of aliphatic hydroxyl groups is 1. The fourth-order valence-electron chi connectivity index (χ4n) is 3.84. The van der Waals surface area contributed by atoms with E-state index in [1.54, 1.807) is 29.7 Å². The van der Waals surface area contributed by atoms with Crippen LogP contribution in [0.15, 0.2) is 42.2 Å². The van der Waals surface area contributed by atoms with Crippen LogP contribution in [-0.2, 0) is 11.2 Å². The molecule has 5 rings (SSSR count). The van der Waals surface area contributed by atoms with Crippen molar-refractivity contribution in [1.29, 1.82) is 0 Å². The zero-order valence-electron chi connectivity index (χ0n) is 16.1. The van der Waals surface area contributed by atoms with Gasteiger partial charge in [-0.2, -0.15) is 0 Å². The minimum absolute atomic E-state index is 0.370. The number of aliphatic hydroxyl groups excluding tert-OH is 1. The van der Waals surface area contributed by atoms with Gasteiger partial charge in [-0.05, 0) is 48.9 Å². The van der Waals surface area contributed by atoms with Crippen molar-refractivity contribution >= 4 is 32.9 Å². The summed E-state index contributed by atoms with van der Waals surface area (Å²) in [6, 6.07) is 6.73. The molecule has 0 bridgehead atoms. The van der Waals surface area contributed by atoms with Crippen LogP contribution in [0.25, 0.3) is 21.5 Å². The Hall–Kier alpha value is -2.26. The lowest BCUT2D eigenvalue weighted by Crippen LogP contribution is -2.17. The lowest BCUT2D eigenvalue weighted by atomic mass is 9.96. The highest BCUT2D eigenvalue weighted by Crippen LogP contribution is 2.36. The predicted molar refractivity (Wildman–Crippen MR) is 116 cm³/mol. The van der Waals surface area contributed by atoms with Crippen molar-refractivity contribution in [3.8, 4) is 11.3 Å². The van der Waals surface area contributed by atoms with E-state index in [9.17, 15) is 9.50 Å². The standard InChI is InChI=1S/C22H20FN3O2S2/c23-17-2-1-14(20(27)22-24-5-8-29-22)10-16(17)19-21-18(25-12-26-19)11-15(30-21)9-13-3-6-28-7-4-13/h1-2,5,8,10-13,20,27H,3-4,6-7,9H2. The van der Waals surface area contributed by atoms with E-state index < -0.39 is 6.10 Å². The molecule has 154 valence electrons. The highest BCUT2D eigenvalue weighted by atomic mass is 32.1. The fraction of sp³-hybridized carbons (Fsp3) is 0.318. The van der Waals surface area contributed by atoms with Crippen LogP contribution < -0.4 is 0 Å². The number of benzene rings is 1. The predicted octanol–water partition coefficient (Wildman–Crippen LogP) is 5.00. The van der Waals surface area contributed by atoms with Crippen LogP contribution in [0.2, 0.25) is 0 Å². The number of aromatic nitrogens is 3. The van der Waals surface area contributed by atoms with E-state index in [0.29, 0.717) is 27.7 Å². The summed E-state index contributed by atoms with van der Waals surface area (Å²) < 4.78 is 21.1. The first-order valence-electron chi connectivity index (χ1n) is 9.87. The number of rotatable bonds is 5. The molecule has 8 heteroatoms. The maximum Gasteiger partial charge on any atom is 0.132 e. The number of nitrogens with zero attached hydrogens (tertiary/aromatic N) is 3. The molecule has 1 aromatic carbocycles. The van der Waals surface area contributed by atoms with Crippen molar-refractivity contribution in [2.75, 3.05) is 13.2 Å². The van der Waals surface area contributed by atoms with Crippen molar-refractivity contribution in [1.82, 2.24) is 15.0 Å². The van der Waals surface area contributed by atoms with E-state index in [2.05, 4.69) is 21.0 Å². The van der Waals surface area contributed by atoms with Gasteiger partial charge >= 0.3 is 0 Å². The number of hydrogen-bond acceptors (Lipinski definition) is 7. The molecule has 1 aliphatic rings. The van der Waals surface area contributed by atoms with Crippen LogP contribution in [0.1, 0.15) is 34.4 Å². The van der Waals surface area contributed by atoms with Gasteiger partial charge in [-0.3, -0.25) is 0 Å². The molecule has 0 saturated carbocycles. The van der Waals surface area contributed by atoms with Crippen molar-refractivity contribution in [2.45, 2.75) is 25.4 Å². The quantitative estimate of drug-likeness (QED) is 0.472. The van der Waals surface area contributed by atoms with Gasteiger partial charge in [0.15, 0.2) is 0 Å². The molecule has 1 unspecified atom stereocenters. The van der Waals surface area contributed by atoms with E-state index >= 15 is 0 Å². The summed E-state index contributed by atoms with van der Waals surface area (Å²) in [5.74, 6) is 0.237. The van der Waals surface area contributed by atoms with Crippen LogP contribution in [0, 0.1) is 11.7 Å². The van der Waals surface area contributed by atoms with Crippen molar-refractivity contribution in [2.24, 2.45) is 5.92 Å². The molecule has 1 fully saturated rings. The van der Waals surface area contributed by atoms with Gasteiger partial charge in [0.2, 0.25) is 0 Å². The topological polar surface area (TPSA) is 68.1 Å². The number of thiophene rings is 1. The van der Waals surface area contributed by atoms with Gasteiger partial charge in [0.25, 0.3) is 0 Å². The molecule has 3 aromatic heterocycles. The minimum Gasteiger partial charge on any atom is -0.381 e. The molecule has 1 saturated heterocycles. The highest BCUT2D eigenvalue weighted by molar-refractivity contribution is 7.19. The lowest BCUT2D eigenvalue weighted by Gasteiger charge is -2.21. The van der Waals surface area contributed by atoms with Crippen LogP contribution in [0.3, 0.4) is 0 Å². The summed E-state index contributed by atoms with van der Waals surface area (Å²) in [4.78, 5) is 14.2. The Morgan fingerprint density at radius 3 is 2.83 bits per heavy atom. The van der Waals surface area contributed by atoms with Gasteiger partial charge in [-0.15, -0.1) is 22.7 Å². The minimum atomic E-state index is -0.894. The van der Waals surface area contributed by atoms with Crippen LogP contribution >= 0.6 is 22.7 Å². The Labute approximate surface area is 181 Å². The second-order valence-corrected chi connectivity index (χ2v) is 9.48. The van der Waals surface area contributed by atoms with Gasteiger partial charge in [0.05, 0.1) is 15.9 Å². The molecule has 1 atom stereocenters. The average Bonchev–Trinajstić information content (AvgIpc) is 3.44. The molecule has 1 N–H and O–H groups in total. The van der Waals surface area contributed by atoms with Gasteiger partial charge in [0.1, 0.15) is 23.3 Å². The Kier molecular flexibility index (Phi) is 5.56. The van der Waals surface area contributed by atoms with Gasteiger partial charge in [0, 0.05) is 35.2 Å². The van der Waals surface area contributed by atoms with Gasteiger partial charge in [-0.1, -0.05) is 6.07 Å². The van der Waals surface area contributed by atoms with E-state index in [4.69, 9.17) is 4.74 Å². The third-order valence-corrected chi connectivity index (χ3v) is 7.42. The largest absolute Gasteiger partial charge is 0.381 e. The molecule has 0 spiro atoms. The normalized spacial score (nSPS) is 16.2. The number of fused-ring (bicyclic) bond motifs is 1. The van der Waals surface area contributed by atoms with Crippen LogP contribution in [0.4, 0.5) is 4.39 Å².